The molecule has 0 radical (unpaired) electrons. The van der Waals surface area contributed by atoms with Crippen LogP contribution in [0.5, 0.6) is 0 Å². The van der Waals surface area contributed by atoms with E-state index in [9.17, 15) is 28.2 Å². The molecule has 0 bridgehead atoms. The van der Waals surface area contributed by atoms with Crippen LogP contribution in [0.2, 0.25) is 0 Å². The number of rotatable bonds is 11. The fraction of sp³-hybridized carbons (Fsp3) is 0.560. The highest BCUT2D eigenvalue weighted by Gasteiger charge is 2.32. The van der Waals surface area contributed by atoms with E-state index in [4.69, 9.17) is 0 Å². The minimum Gasteiger partial charge on any atom is -0.469 e. The van der Waals surface area contributed by atoms with Crippen molar-refractivity contribution in [2.75, 3.05) is 7.11 Å². The maximum absolute atomic E-state index is 12.8. The number of hydrogen-bond acceptors (Lipinski definition) is 4. The second-order valence-electron chi connectivity index (χ2n) is 8.35. The summed E-state index contributed by atoms with van der Waals surface area (Å²) in [6.45, 7) is 0. The number of aliphatic hydroxyl groups is 2. The molecular formula is C25H33F3O4. The topological polar surface area (TPSA) is 66.8 Å². The molecule has 1 aromatic carbocycles. The molecule has 7 heteroatoms. The Kier molecular flexibility index (Phi) is 10.5. The molecule has 1 saturated carbocycles. The molecule has 1 aliphatic carbocycles. The molecule has 0 spiro atoms. The van der Waals surface area contributed by atoms with Gasteiger partial charge in [-0.1, -0.05) is 42.5 Å². The first kappa shape index (κ1) is 26.1. The van der Waals surface area contributed by atoms with Crippen LogP contribution in [0.15, 0.2) is 48.6 Å². The number of carbonyl (C=O) groups excluding carboxylic acids is 1. The van der Waals surface area contributed by atoms with Crippen LogP contribution in [0.1, 0.15) is 56.1 Å². The van der Waals surface area contributed by atoms with E-state index in [2.05, 4.69) is 10.8 Å². The zero-order valence-corrected chi connectivity index (χ0v) is 18.4. The SMILES string of the molecule is COC(=O)CCC/C=C\C[C@H]1CC[C@@H](O)[C@@H]1/C=C/[C@@H](O)CCc1cccc(C(F)(F)F)c1. The molecule has 1 fully saturated rings. The Morgan fingerprint density at radius 2 is 2.06 bits per heavy atom. The number of aliphatic hydroxyl groups excluding tert-OH is 2. The predicted molar refractivity (Wildman–Crippen MR) is 117 cm³/mol. The number of unbranched alkanes of at least 4 members (excludes halogenated alkanes) is 1. The van der Waals surface area contributed by atoms with Crippen LogP contribution in [0.3, 0.4) is 0 Å². The van der Waals surface area contributed by atoms with Crippen LogP contribution in [0.4, 0.5) is 13.2 Å². The normalized spacial score (nSPS) is 22.6. The van der Waals surface area contributed by atoms with E-state index in [0.29, 0.717) is 31.2 Å². The van der Waals surface area contributed by atoms with Crippen molar-refractivity contribution in [3.63, 3.8) is 0 Å². The summed E-state index contributed by atoms with van der Waals surface area (Å²) in [5, 5.41) is 20.6. The number of halogens is 3. The molecule has 0 aromatic heterocycles. The van der Waals surface area contributed by atoms with Gasteiger partial charge in [0.1, 0.15) is 0 Å². The van der Waals surface area contributed by atoms with Crippen molar-refractivity contribution in [2.24, 2.45) is 11.8 Å². The highest BCUT2D eigenvalue weighted by atomic mass is 19.4. The van der Waals surface area contributed by atoms with Gasteiger partial charge in [-0.15, -0.1) is 0 Å². The van der Waals surface area contributed by atoms with Crippen LogP contribution in [-0.2, 0) is 22.1 Å². The van der Waals surface area contributed by atoms with E-state index in [1.54, 1.807) is 12.1 Å². The Morgan fingerprint density at radius 1 is 1.28 bits per heavy atom. The number of ether oxygens (including phenoxy) is 1. The number of esters is 1. The smallest absolute Gasteiger partial charge is 0.416 e. The summed E-state index contributed by atoms with van der Waals surface area (Å²) in [6, 6.07) is 5.16. The van der Waals surface area contributed by atoms with Gasteiger partial charge in [0, 0.05) is 12.3 Å². The lowest BCUT2D eigenvalue weighted by Gasteiger charge is -2.18. The molecule has 0 amide bonds. The van der Waals surface area contributed by atoms with E-state index < -0.39 is 23.9 Å². The van der Waals surface area contributed by atoms with Gasteiger partial charge >= 0.3 is 12.1 Å². The van der Waals surface area contributed by atoms with E-state index in [1.807, 2.05) is 12.2 Å². The number of aryl methyl sites for hydroxylation is 1. The first-order valence-corrected chi connectivity index (χ1v) is 11.1. The molecule has 1 aromatic rings. The molecule has 0 heterocycles. The van der Waals surface area contributed by atoms with Crippen LogP contribution in [0.25, 0.3) is 0 Å². The Morgan fingerprint density at radius 3 is 2.78 bits per heavy atom. The van der Waals surface area contributed by atoms with Gasteiger partial charge in [-0.25, -0.2) is 0 Å². The molecule has 2 rings (SSSR count). The number of benzene rings is 1. The largest absolute Gasteiger partial charge is 0.469 e. The third-order valence-corrected chi connectivity index (χ3v) is 5.95. The van der Waals surface area contributed by atoms with E-state index in [1.165, 1.54) is 13.2 Å². The molecule has 4 nitrogen and oxygen atoms in total. The quantitative estimate of drug-likeness (QED) is 0.273. The third kappa shape index (κ3) is 8.79. The fourth-order valence-electron chi connectivity index (χ4n) is 4.07. The third-order valence-electron chi connectivity index (χ3n) is 5.95. The van der Waals surface area contributed by atoms with Crippen molar-refractivity contribution in [1.29, 1.82) is 0 Å². The zero-order valence-electron chi connectivity index (χ0n) is 18.4. The molecule has 2 N–H and O–H groups in total. The fourth-order valence-corrected chi connectivity index (χ4v) is 4.07. The van der Waals surface area contributed by atoms with Gasteiger partial charge in [0.25, 0.3) is 0 Å². The van der Waals surface area contributed by atoms with Gasteiger partial charge in [0.15, 0.2) is 0 Å². The molecule has 1 aliphatic rings. The second kappa shape index (κ2) is 12.8. The molecular weight excluding hydrogens is 421 g/mol. The van der Waals surface area contributed by atoms with Crippen LogP contribution < -0.4 is 0 Å². The van der Waals surface area contributed by atoms with Crippen molar-refractivity contribution in [3.8, 4) is 0 Å². The average Bonchev–Trinajstić information content (AvgIpc) is 3.11. The van der Waals surface area contributed by atoms with Crippen molar-refractivity contribution in [1.82, 2.24) is 0 Å². The van der Waals surface area contributed by atoms with Gasteiger partial charge in [-0.05, 0) is 62.5 Å². The van der Waals surface area contributed by atoms with Crippen LogP contribution in [0, 0.1) is 11.8 Å². The summed E-state index contributed by atoms with van der Waals surface area (Å²) in [6.07, 6.45) is 6.97. The predicted octanol–water partition coefficient (Wildman–Crippen LogP) is 5.23. The molecule has 0 saturated heterocycles. The second-order valence-corrected chi connectivity index (χ2v) is 8.35. The number of alkyl halides is 3. The maximum atomic E-state index is 12.8. The van der Waals surface area contributed by atoms with Gasteiger partial charge in [-0.3, -0.25) is 4.79 Å². The Bertz CT molecular complexity index is 773. The zero-order chi connectivity index (χ0) is 23.6. The highest BCUT2D eigenvalue weighted by Crippen LogP contribution is 2.36. The summed E-state index contributed by atoms with van der Waals surface area (Å²) >= 11 is 0. The van der Waals surface area contributed by atoms with E-state index >= 15 is 0 Å². The first-order chi connectivity index (χ1) is 15.2. The summed E-state index contributed by atoms with van der Waals surface area (Å²) < 4.78 is 43.1. The van der Waals surface area contributed by atoms with Gasteiger partial charge in [-0.2, -0.15) is 13.2 Å². The van der Waals surface area contributed by atoms with E-state index in [-0.39, 0.29) is 17.8 Å². The van der Waals surface area contributed by atoms with E-state index in [0.717, 1.165) is 37.8 Å². The minimum atomic E-state index is -4.38. The average molecular weight is 455 g/mol. The maximum Gasteiger partial charge on any atom is 0.416 e. The van der Waals surface area contributed by atoms with Gasteiger partial charge in [0.2, 0.25) is 0 Å². The Hall–Kier alpha value is -2.12. The van der Waals surface area contributed by atoms with Gasteiger partial charge < -0.3 is 14.9 Å². The molecule has 0 aliphatic heterocycles. The van der Waals surface area contributed by atoms with Crippen molar-refractivity contribution in [2.45, 2.75) is 69.8 Å². The van der Waals surface area contributed by atoms with Crippen molar-refractivity contribution >= 4 is 5.97 Å². The van der Waals surface area contributed by atoms with Crippen molar-refractivity contribution in [3.05, 3.63) is 59.7 Å². The number of allylic oxidation sites excluding steroid dienone is 2. The lowest BCUT2D eigenvalue weighted by Crippen LogP contribution is -2.17. The summed E-state index contributed by atoms with van der Waals surface area (Å²) in [4.78, 5) is 11.1. The Labute approximate surface area is 187 Å². The molecule has 4 atom stereocenters. The highest BCUT2D eigenvalue weighted by molar-refractivity contribution is 5.69. The van der Waals surface area contributed by atoms with Crippen molar-refractivity contribution < 1.29 is 32.9 Å². The number of hydrogen-bond donors (Lipinski definition) is 2. The standard InChI is InChI=1S/C25H33F3O4/c1-32-24(31)10-5-3-2-4-8-19-12-16-23(30)22(19)15-14-21(29)13-11-18-7-6-9-20(17-18)25(26,27)28/h2,4,6-7,9,14-15,17,19,21-23,29-30H,3,5,8,10-13,16H2,1H3/b4-2-,15-14+/t19-,21-,22+,23+/m0/s1. The summed E-state index contributed by atoms with van der Waals surface area (Å²) in [5.41, 5.74) is -0.154. The minimum absolute atomic E-state index is 0.0575. The molecule has 0 unspecified atom stereocenters. The van der Waals surface area contributed by atoms with Gasteiger partial charge in [0.05, 0.1) is 24.9 Å². The monoisotopic (exact) mass is 454 g/mol. The number of carbonyl (C=O) groups is 1. The number of methoxy groups -OCH3 is 1. The van der Waals surface area contributed by atoms with Crippen LogP contribution >= 0.6 is 0 Å². The lowest BCUT2D eigenvalue weighted by molar-refractivity contribution is -0.140. The molecule has 32 heavy (non-hydrogen) atoms. The summed E-state index contributed by atoms with van der Waals surface area (Å²) in [5.74, 6) is 0.000770. The summed E-state index contributed by atoms with van der Waals surface area (Å²) in [7, 11) is 1.37. The Balaban J connectivity index is 1.80. The first-order valence-electron chi connectivity index (χ1n) is 11.1. The lowest BCUT2D eigenvalue weighted by atomic mass is 9.90. The molecule has 178 valence electrons. The van der Waals surface area contributed by atoms with Crippen LogP contribution in [-0.4, -0.2) is 35.5 Å².